The van der Waals surface area contributed by atoms with E-state index in [1.807, 2.05) is 6.07 Å². The van der Waals surface area contributed by atoms with Crippen molar-refractivity contribution in [3.8, 4) is 11.3 Å². The van der Waals surface area contributed by atoms with Gasteiger partial charge in [-0.3, -0.25) is 9.59 Å². The van der Waals surface area contributed by atoms with Crippen LogP contribution in [0.2, 0.25) is 5.02 Å². The van der Waals surface area contributed by atoms with Crippen LogP contribution in [0.15, 0.2) is 24.4 Å². The Morgan fingerprint density at radius 1 is 1.45 bits per heavy atom. The summed E-state index contributed by atoms with van der Waals surface area (Å²) >= 11 is 6.12. The molecule has 2 aromatic rings. The zero-order valence-corrected chi connectivity index (χ0v) is 12.5. The van der Waals surface area contributed by atoms with Crippen molar-refractivity contribution < 1.29 is 14.7 Å². The van der Waals surface area contributed by atoms with Gasteiger partial charge in [-0.15, -0.1) is 0 Å². The standard InChI is InChI=1S/C15H12ClN3O3/c1-8-17-5-12(16)14(18-8)9-2-3-10-6-19(7-13(20)21)15(22)11(10)4-9/h2-5H,6-7H2,1H3,(H,20,21). The van der Waals surface area contributed by atoms with Crippen molar-refractivity contribution in [1.29, 1.82) is 0 Å². The van der Waals surface area contributed by atoms with E-state index in [2.05, 4.69) is 9.97 Å². The Morgan fingerprint density at radius 2 is 2.23 bits per heavy atom. The molecule has 1 N–H and O–H groups in total. The molecular formula is C15H12ClN3O3. The molecule has 3 rings (SSSR count). The molecule has 22 heavy (non-hydrogen) atoms. The van der Waals surface area contributed by atoms with Gasteiger partial charge in [-0.1, -0.05) is 23.7 Å². The second-order valence-corrected chi connectivity index (χ2v) is 5.45. The Morgan fingerprint density at radius 3 is 2.95 bits per heavy atom. The van der Waals surface area contributed by atoms with E-state index in [0.29, 0.717) is 34.2 Å². The third-order valence-electron chi connectivity index (χ3n) is 3.45. The minimum Gasteiger partial charge on any atom is -0.480 e. The third kappa shape index (κ3) is 2.53. The van der Waals surface area contributed by atoms with Gasteiger partial charge in [0.1, 0.15) is 12.4 Å². The molecule has 0 unspecified atom stereocenters. The average Bonchev–Trinajstić information content (AvgIpc) is 2.77. The molecule has 0 aliphatic carbocycles. The number of aromatic nitrogens is 2. The summed E-state index contributed by atoms with van der Waals surface area (Å²) in [5, 5.41) is 9.24. The largest absolute Gasteiger partial charge is 0.480 e. The number of carboxylic acid groups (broad SMARTS) is 1. The Labute approximate surface area is 131 Å². The van der Waals surface area contributed by atoms with Crippen LogP contribution in [0, 0.1) is 6.92 Å². The fourth-order valence-electron chi connectivity index (χ4n) is 2.46. The second kappa shape index (κ2) is 5.38. The number of fused-ring (bicyclic) bond motifs is 1. The van der Waals surface area contributed by atoms with Gasteiger partial charge in [0.2, 0.25) is 0 Å². The van der Waals surface area contributed by atoms with Crippen molar-refractivity contribution in [1.82, 2.24) is 14.9 Å². The Kier molecular flexibility index (Phi) is 3.54. The number of carbonyl (C=O) groups is 2. The SMILES string of the molecule is Cc1ncc(Cl)c(-c2ccc3c(c2)C(=O)N(CC(=O)O)C3)n1. The lowest BCUT2D eigenvalue weighted by molar-refractivity contribution is -0.137. The lowest BCUT2D eigenvalue weighted by atomic mass is 10.0. The van der Waals surface area contributed by atoms with E-state index in [1.165, 1.54) is 11.1 Å². The van der Waals surface area contributed by atoms with Crippen LogP contribution in [0.3, 0.4) is 0 Å². The molecule has 0 saturated carbocycles. The van der Waals surface area contributed by atoms with Gasteiger partial charge >= 0.3 is 5.97 Å². The molecular weight excluding hydrogens is 306 g/mol. The van der Waals surface area contributed by atoms with E-state index in [-0.39, 0.29) is 12.5 Å². The molecule has 1 aromatic heterocycles. The number of amides is 1. The van der Waals surface area contributed by atoms with E-state index in [1.54, 1.807) is 19.1 Å². The molecule has 0 bridgehead atoms. The van der Waals surface area contributed by atoms with Gasteiger partial charge in [-0.05, 0) is 18.6 Å². The molecule has 1 aliphatic heterocycles. The predicted octanol–water partition coefficient (Wildman–Crippen LogP) is 2.15. The highest BCUT2D eigenvalue weighted by Gasteiger charge is 2.29. The number of nitrogens with zero attached hydrogens (tertiary/aromatic N) is 3. The molecule has 7 heteroatoms. The van der Waals surface area contributed by atoms with Gasteiger partial charge in [0.25, 0.3) is 5.91 Å². The topological polar surface area (TPSA) is 83.4 Å². The summed E-state index contributed by atoms with van der Waals surface area (Å²) in [6.45, 7) is 1.75. The van der Waals surface area contributed by atoms with Crippen LogP contribution in [0.1, 0.15) is 21.7 Å². The van der Waals surface area contributed by atoms with E-state index in [9.17, 15) is 9.59 Å². The fraction of sp³-hybridized carbons (Fsp3) is 0.200. The highest BCUT2D eigenvalue weighted by molar-refractivity contribution is 6.32. The molecule has 1 aromatic carbocycles. The van der Waals surface area contributed by atoms with E-state index >= 15 is 0 Å². The highest BCUT2D eigenvalue weighted by atomic mass is 35.5. The summed E-state index contributed by atoms with van der Waals surface area (Å²) < 4.78 is 0. The fourth-order valence-corrected chi connectivity index (χ4v) is 2.66. The first-order chi connectivity index (χ1) is 10.5. The van der Waals surface area contributed by atoms with Crippen LogP contribution < -0.4 is 0 Å². The van der Waals surface area contributed by atoms with Crippen molar-refractivity contribution in [3.05, 3.63) is 46.4 Å². The normalized spacial score (nSPS) is 13.4. The smallest absolute Gasteiger partial charge is 0.323 e. The number of rotatable bonds is 3. The number of hydrogen-bond donors (Lipinski definition) is 1. The first kappa shape index (κ1) is 14.5. The third-order valence-corrected chi connectivity index (χ3v) is 3.73. The molecule has 6 nitrogen and oxygen atoms in total. The molecule has 112 valence electrons. The van der Waals surface area contributed by atoms with Gasteiger partial charge in [0.15, 0.2) is 0 Å². The van der Waals surface area contributed by atoms with Crippen molar-refractivity contribution in [2.45, 2.75) is 13.5 Å². The molecule has 0 spiro atoms. The van der Waals surface area contributed by atoms with Crippen molar-refractivity contribution in [3.63, 3.8) is 0 Å². The first-order valence-corrected chi connectivity index (χ1v) is 6.97. The summed E-state index contributed by atoms with van der Waals surface area (Å²) in [5.41, 5.74) is 2.56. The summed E-state index contributed by atoms with van der Waals surface area (Å²) in [4.78, 5) is 32.7. The van der Waals surface area contributed by atoms with Crippen LogP contribution in [0.4, 0.5) is 0 Å². The zero-order valence-electron chi connectivity index (χ0n) is 11.7. The molecule has 0 radical (unpaired) electrons. The lowest BCUT2D eigenvalue weighted by Gasteiger charge is -2.11. The highest BCUT2D eigenvalue weighted by Crippen LogP contribution is 2.30. The van der Waals surface area contributed by atoms with Crippen molar-refractivity contribution in [2.24, 2.45) is 0 Å². The van der Waals surface area contributed by atoms with Gasteiger partial charge in [0.05, 0.1) is 10.7 Å². The van der Waals surface area contributed by atoms with Gasteiger partial charge in [0, 0.05) is 23.9 Å². The van der Waals surface area contributed by atoms with Gasteiger partial charge < -0.3 is 10.0 Å². The molecule has 2 heterocycles. The quantitative estimate of drug-likeness (QED) is 0.937. The number of hydrogen-bond acceptors (Lipinski definition) is 4. The maximum absolute atomic E-state index is 12.3. The number of carboxylic acids is 1. The summed E-state index contributed by atoms with van der Waals surface area (Å²) in [7, 11) is 0. The molecule has 0 atom stereocenters. The number of halogens is 1. The Bertz CT molecular complexity index is 792. The molecule has 1 amide bonds. The predicted molar refractivity (Wildman–Crippen MR) is 79.6 cm³/mol. The van der Waals surface area contributed by atoms with Crippen LogP contribution in [0.5, 0.6) is 0 Å². The first-order valence-electron chi connectivity index (χ1n) is 6.59. The lowest BCUT2D eigenvalue weighted by Crippen LogP contribution is -2.29. The van der Waals surface area contributed by atoms with Crippen molar-refractivity contribution in [2.75, 3.05) is 6.54 Å². The Balaban J connectivity index is 2.00. The Hall–Kier alpha value is -2.47. The zero-order chi connectivity index (χ0) is 15.9. The van der Waals surface area contributed by atoms with Gasteiger partial charge in [-0.2, -0.15) is 0 Å². The molecule has 0 fully saturated rings. The van der Waals surface area contributed by atoms with Crippen LogP contribution in [0.25, 0.3) is 11.3 Å². The van der Waals surface area contributed by atoms with Crippen molar-refractivity contribution >= 4 is 23.5 Å². The van der Waals surface area contributed by atoms with Crippen LogP contribution >= 0.6 is 11.6 Å². The van der Waals surface area contributed by atoms with E-state index in [4.69, 9.17) is 16.7 Å². The second-order valence-electron chi connectivity index (χ2n) is 5.04. The minimum absolute atomic E-state index is 0.291. The number of carbonyl (C=O) groups excluding carboxylic acids is 1. The van der Waals surface area contributed by atoms with Crippen LogP contribution in [-0.4, -0.2) is 38.4 Å². The summed E-state index contributed by atoms with van der Waals surface area (Å²) in [5.74, 6) is -0.740. The number of aliphatic carboxylic acids is 1. The number of benzene rings is 1. The summed E-state index contributed by atoms with van der Waals surface area (Å²) in [6.07, 6.45) is 1.52. The monoisotopic (exact) mass is 317 g/mol. The molecule has 1 aliphatic rings. The van der Waals surface area contributed by atoms with Gasteiger partial charge in [-0.25, -0.2) is 9.97 Å². The van der Waals surface area contributed by atoms with E-state index in [0.717, 1.165) is 5.56 Å². The maximum Gasteiger partial charge on any atom is 0.323 e. The maximum atomic E-state index is 12.3. The minimum atomic E-state index is -1.03. The number of aryl methyl sites for hydroxylation is 1. The van der Waals surface area contributed by atoms with E-state index < -0.39 is 5.97 Å². The van der Waals surface area contributed by atoms with Crippen LogP contribution in [-0.2, 0) is 11.3 Å². The summed E-state index contributed by atoms with van der Waals surface area (Å²) in [6, 6.07) is 5.33. The molecule has 0 saturated heterocycles. The average molecular weight is 318 g/mol.